The predicted octanol–water partition coefficient (Wildman–Crippen LogP) is 2.88. The molecule has 19 heavy (non-hydrogen) atoms. The van der Waals surface area contributed by atoms with E-state index in [0.717, 1.165) is 11.1 Å². The first-order valence-electron chi connectivity index (χ1n) is 6.11. The van der Waals surface area contributed by atoms with Crippen molar-refractivity contribution in [1.29, 1.82) is 0 Å². The maximum Gasteiger partial charge on any atom is 0.310 e. The minimum absolute atomic E-state index is 0.245. The van der Waals surface area contributed by atoms with Gasteiger partial charge < -0.3 is 4.74 Å². The summed E-state index contributed by atoms with van der Waals surface area (Å²) in [4.78, 5) is 15.5. The summed E-state index contributed by atoms with van der Waals surface area (Å²) in [5.74, 6) is -0.245. The van der Waals surface area contributed by atoms with Gasteiger partial charge in [0, 0.05) is 12.4 Å². The molecule has 3 heteroatoms. The number of benzene rings is 1. The van der Waals surface area contributed by atoms with Gasteiger partial charge in [-0.15, -0.1) is 0 Å². The van der Waals surface area contributed by atoms with Gasteiger partial charge in [0.15, 0.2) is 0 Å². The van der Waals surface area contributed by atoms with Crippen LogP contribution in [0.4, 0.5) is 0 Å². The lowest BCUT2D eigenvalue weighted by molar-refractivity contribution is -0.141. The van der Waals surface area contributed by atoms with Crippen LogP contribution in [0.15, 0.2) is 60.9 Å². The molecule has 3 nitrogen and oxygen atoms in total. The zero-order valence-corrected chi connectivity index (χ0v) is 10.5. The van der Waals surface area contributed by atoms with E-state index >= 15 is 0 Å². The van der Waals surface area contributed by atoms with Gasteiger partial charge in [0.05, 0.1) is 6.42 Å². The van der Waals surface area contributed by atoms with Crippen molar-refractivity contribution in [2.75, 3.05) is 6.61 Å². The topological polar surface area (TPSA) is 39.2 Å². The third-order valence-corrected chi connectivity index (χ3v) is 2.52. The first kappa shape index (κ1) is 13.0. The van der Waals surface area contributed by atoms with E-state index in [9.17, 15) is 4.79 Å². The highest BCUT2D eigenvalue weighted by Gasteiger charge is 2.02. The number of carbonyl (C=O) groups is 1. The number of pyridine rings is 1. The van der Waals surface area contributed by atoms with Gasteiger partial charge in [-0.2, -0.15) is 0 Å². The molecule has 0 spiro atoms. The van der Waals surface area contributed by atoms with Crippen LogP contribution in [-0.4, -0.2) is 17.6 Å². The summed E-state index contributed by atoms with van der Waals surface area (Å²) in [6.45, 7) is 0.286. The first-order valence-corrected chi connectivity index (χ1v) is 6.11. The molecule has 96 valence electrons. The van der Waals surface area contributed by atoms with Crippen molar-refractivity contribution in [3.05, 3.63) is 72.1 Å². The van der Waals surface area contributed by atoms with Gasteiger partial charge in [-0.1, -0.05) is 42.5 Å². The Bertz CT molecular complexity index is 535. The molecule has 0 amide bonds. The number of hydrogen-bond donors (Lipinski definition) is 0. The second-order valence-corrected chi connectivity index (χ2v) is 4.03. The molecule has 1 heterocycles. The molecule has 2 rings (SSSR count). The highest BCUT2D eigenvalue weighted by molar-refractivity contribution is 5.72. The Kier molecular flexibility index (Phi) is 4.87. The number of nitrogens with zero attached hydrogens (tertiary/aromatic N) is 1. The molecular formula is C16H15NO2. The minimum Gasteiger partial charge on any atom is -0.461 e. The summed E-state index contributed by atoms with van der Waals surface area (Å²) in [6.07, 6.45) is 7.36. The fourth-order valence-electron chi connectivity index (χ4n) is 1.61. The van der Waals surface area contributed by atoms with E-state index in [4.69, 9.17) is 4.74 Å². The maximum atomic E-state index is 11.5. The van der Waals surface area contributed by atoms with Crippen molar-refractivity contribution in [2.24, 2.45) is 0 Å². The molecule has 1 aromatic carbocycles. The van der Waals surface area contributed by atoms with Crippen molar-refractivity contribution in [3.8, 4) is 0 Å². The molecule has 0 fully saturated rings. The third-order valence-electron chi connectivity index (χ3n) is 2.52. The molecule has 0 radical (unpaired) electrons. The second kappa shape index (κ2) is 7.11. The van der Waals surface area contributed by atoms with Crippen molar-refractivity contribution < 1.29 is 9.53 Å². The molecular weight excluding hydrogens is 238 g/mol. The van der Waals surface area contributed by atoms with E-state index in [1.807, 2.05) is 48.6 Å². The van der Waals surface area contributed by atoms with Crippen LogP contribution in [0.2, 0.25) is 0 Å². The zero-order chi connectivity index (χ0) is 13.3. The maximum absolute atomic E-state index is 11.5. The normalized spacial score (nSPS) is 10.5. The predicted molar refractivity (Wildman–Crippen MR) is 74.4 cm³/mol. The average Bonchev–Trinajstić information content (AvgIpc) is 2.46. The zero-order valence-electron chi connectivity index (χ0n) is 10.5. The Morgan fingerprint density at radius 3 is 2.74 bits per heavy atom. The van der Waals surface area contributed by atoms with Crippen LogP contribution < -0.4 is 0 Å². The minimum atomic E-state index is -0.245. The van der Waals surface area contributed by atoms with Crippen molar-refractivity contribution in [3.63, 3.8) is 0 Å². The van der Waals surface area contributed by atoms with Crippen LogP contribution in [0.3, 0.4) is 0 Å². The van der Waals surface area contributed by atoms with E-state index in [-0.39, 0.29) is 19.0 Å². The Balaban J connectivity index is 1.74. The molecule has 2 aromatic rings. The molecule has 0 atom stereocenters. The SMILES string of the molecule is O=C(Cc1cccnc1)OC/C=C/c1ccccc1. The van der Waals surface area contributed by atoms with E-state index in [0.29, 0.717) is 0 Å². The molecule has 0 bridgehead atoms. The molecule has 0 saturated heterocycles. The number of carbonyl (C=O) groups excluding carboxylic acids is 1. The highest BCUT2D eigenvalue weighted by Crippen LogP contribution is 2.02. The summed E-state index contributed by atoms with van der Waals surface area (Å²) < 4.78 is 5.11. The number of aromatic nitrogens is 1. The van der Waals surface area contributed by atoms with Gasteiger partial charge >= 0.3 is 5.97 Å². The Morgan fingerprint density at radius 2 is 2.00 bits per heavy atom. The molecule has 0 N–H and O–H groups in total. The van der Waals surface area contributed by atoms with Crippen molar-refractivity contribution in [2.45, 2.75) is 6.42 Å². The number of ether oxygens (including phenoxy) is 1. The van der Waals surface area contributed by atoms with Crippen molar-refractivity contribution in [1.82, 2.24) is 4.98 Å². The molecule has 0 unspecified atom stereocenters. The highest BCUT2D eigenvalue weighted by atomic mass is 16.5. The Morgan fingerprint density at radius 1 is 1.16 bits per heavy atom. The number of esters is 1. The van der Waals surface area contributed by atoms with E-state index in [2.05, 4.69) is 4.98 Å². The van der Waals surface area contributed by atoms with Gasteiger partial charge in [-0.3, -0.25) is 9.78 Å². The third kappa shape index (κ3) is 4.76. The van der Waals surface area contributed by atoms with Crippen LogP contribution in [0.25, 0.3) is 6.08 Å². The summed E-state index contributed by atoms with van der Waals surface area (Å²) in [5, 5.41) is 0. The van der Waals surface area contributed by atoms with E-state index in [1.54, 1.807) is 18.5 Å². The van der Waals surface area contributed by atoms with E-state index in [1.165, 1.54) is 0 Å². The fraction of sp³-hybridized carbons (Fsp3) is 0.125. The lowest BCUT2D eigenvalue weighted by atomic mass is 10.2. The number of hydrogen-bond acceptors (Lipinski definition) is 3. The van der Waals surface area contributed by atoms with Crippen LogP contribution >= 0.6 is 0 Å². The summed E-state index contributed by atoms with van der Waals surface area (Å²) >= 11 is 0. The summed E-state index contributed by atoms with van der Waals surface area (Å²) in [6, 6.07) is 13.5. The average molecular weight is 253 g/mol. The van der Waals surface area contributed by atoms with Gasteiger partial charge in [-0.25, -0.2) is 0 Å². The lowest BCUT2D eigenvalue weighted by Gasteiger charge is -2.01. The second-order valence-electron chi connectivity index (χ2n) is 4.03. The summed E-state index contributed by atoms with van der Waals surface area (Å²) in [7, 11) is 0. The fourth-order valence-corrected chi connectivity index (χ4v) is 1.61. The van der Waals surface area contributed by atoms with Gasteiger partial charge in [0.1, 0.15) is 6.61 Å². The van der Waals surface area contributed by atoms with Crippen LogP contribution in [0.5, 0.6) is 0 Å². The molecule has 0 aliphatic rings. The van der Waals surface area contributed by atoms with Crippen LogP contribution in [0.1, 0.15) is 11.1 Å². The largest absolute Gasteiger partial charge is 0.461 e. The van der Waals surface area contributed by atoms with Crippen LogP contribution in [0, 0.1) is 0 Å². The Hall–Kier alpha value is -2.42. The molecule has 0 saturated carbocycles. The van der Waals surface area contributed by atoms with Gasteiger partial charge in [0.2, 0.25) is 0 Å². The molecule has 0 aliphatic heterocycles. The standard InChI is InChI=1S/C16H15NO2/c18-16(12-15-8-4-10-17-13-15)19-11-5-9-14-6-2-1-3-7-14/h1-10,13H,11-12H2/b9-5+. The lowest BCUT2D eigenvalue weighted by Crippen LogP contribution is -2.07. The quantitative estimate of drug-likeness (QED) is 0.769. The van der Waals surface area contributed by atoms with E-state index < -0.39 is 0 Å². The van der Waals surface area contributed by atoms with Crippen molar-refractivity contribution >= 4 is 12.0 Å². The molecule has 1 aromatic heterocycles. The molecule has 0 aliphatic carbocycles. The summed E-state index contributed by atoms with van der Waals surface area (Å²) in [5.41, 5.74) is 1.95. The van der Waals surface area contributed by atoms with Gasteiger partial charge in [-0.05, 0) is 23.3 Å². The number of rotatable bonds is 5. The first-order chi connectivity index (χ1) is 9.34. The van der Waals surface area contributed by atoms with Crippen LogP contribution in [-0.2, 0) is 16.0 Å². The smallest absolute Gasteiger partial charge is 0.310 e. The van der Waals surface area contributed by atoms with Gasteiger partial charge in [0.25, 0.3) is 0 Å². The monoisotopic (exact) mass is 253 g/mol. The Labute approximate surface area is 112 Å².